The van der Waals surface area contributed by atoms with Crippen LogP contribution in [0.1, 0.15) is 11.4 Å². The van der Waals surface area contributed by atoms with Crippen LogP contribution in [0, 0.1) is 13.8 Å². The average Bonchev–Trinajstić information content (AvgIpc) is 3.01. The molecule has 24 heavy (non-hydrogen) atoms. The molecule has 0 saturated carbocycles. The summed E-state index contributed by atoms with van der Waals surface area (Å²) >= 11 is 0. The average molecular weight is 323 g/mol. The zero-order chi connectivity index (χ0) is 16.9. The summed E-state index contributed by atoms with van der Waals surface area (Å²) in [5.74, 6) is 1.71. The number of anilines is 1. The third kappa shape index (κ3) is 3.57. The SMILES string of the molecule is Cc1ccccc1OCC(=O)Nc1cnc(-n2ccnc2C)nc1. The molecule has 122 valence electrons. The Labute approximate surface area is 139 Å². The van der Waals surface area contributed by atoms with Gasteiger partial charge in [0.05, 0.1) is 18.1 Å². The molecular weight excluding hydrogens is 306 g/mol. The topological polar surface area (TPSA) is 81.9 Å². The van der Waals surface area contributed by atoms with Gasteiger partial charge in [-0.3, -0.25) is 9.36 Å². The fourth-order valence-electron chi connectivity index (χ4n) is 2.16. The number of para-hydroxylation sites is 1. The van der Waals surface area contributed by atoms with Gasteiger partial charge >= 0.3 is 0 Å². The van der Waals surface area contributed by atoms with Gasteiger partial charge in [0.2, 0.25) is 5.95 Å². The van der Waals surface area contributed by atoms with E-state index < -0.39 is 0 Å². The maximum absolute atomic E-state index is 12.0. The minimum absolute atomic E-state index is 0.0762. The molecule has 3 aromatic rings. The first-order valence-corrected chi connectivity index (χ1v) is 7.44. The summed E-state index contributed by atoms with van der Waals surface area (Å²) in [5.41, 5.74) is 1.49. The summed E-state index contributed by atoms with van der Waals surface area (Å²) in [4.78, 5) is 24.5. The van der Waals surface area contributed by atoms with E-state index in [-0.39, 0.29) is 12.5 Å². The van der Waals surface area contributed by atoms with E-state index >= 15 is 0 Å². The van der Waals surface area contributed by atoms with Crippen LogP contribution in [0.5, 0.6) is 5.75 Å². The molecule has 0 atom stereocenters. The van der Waals surface area contributed by atoms with E-state index in [4.69, 9.17) is 4.74 Å². The molecule has 0 bridgehead atoms. The number of nitrogens with one attached hydrogen (secondary N) is 1. The molecule has 0 saturated heterocycles. The van der Waals surface area contributed by atoms with Crippen molar-refractivity contribution < 1.29 is 9.53 Å². The maximum atomic E-state index is 12.0. The predicted molar refractivity (Wildman–Crippen MR) is 89.2 cm³/mol. The second-order valence-corrected chi connectivity index (χ2v) is 5.22. The number of benzene rings is 1. The number of nitrogens with zero attached hydrogens (tertiary/aromatic N) is 4. The Balaban J connectivity index is 1.59. The van der Waals surface area contributed by atoms with E-state index in [1.807, 2.05) is 38.1 Å². The van der Waals surface area contributed by atoms with Gasteiger partial charge in [0.25, 0.3) is 5.91 Å². The van der Waals surface area contributed by atoms with Crippen LogP contribution >= 0.6 is 0 Å². The normalized spacial score (nSPS) is 10.4. The highest BCUT2D eigenvalue weighted by Gasteiger charge is 2.07. The first-order valence-electron chi connectivity index (χ1n) is 7.44. The third-order valence-corrected chi connectivity index (χ3v) is 3.42. The highest BCUT2D eigenvalue weighted by molar-refractivity contribution is 5.91. The smallest absolute Gasteiger partial charge is 0.262 e. The van der Waals surface area contributed by atoms with Gasteiger partial charge in [0.15, 0.2) is 6.61 Å². The summed E-state index contributed by atoms with van der Waals surface area (Å²) in [6.07, 6.45) is 6.55. The summed E-state index contributed by atoms with van der Waals surface area (Å²) in [6, 6.07) is 7.54. The molecule has 2 aromatic heterocycles. The molecule has 0 unspecified atom stereocenters. The van der Waals surface area contributed by atoms with Crippen molar-refractivity contribution in [3.05, 3.63) is 60.4 Å². The van der Waals surface area contributed by atoms with Gasteiger partial charge in [0, 0.05) is 12.4 Å². The lowest BCUT2D eigenvalue weighted by Gasteiger charge is -2.09. The Bertz CT molecular complexity index is 842. The fraction of sp³-hybridized carbons (Fsp3) is 0.176. The first-order chi connectivity index (χ1) is 11.6. The number of imidazole rings is 1. The molecular formula is C17H17N5O2. The van der Waals surface area contributed by atoms with E-state index in [0.29, 0.717) is 17.4 Å². The fourth-order valence-corrected chi connectivity index (χ4v) is 2.16. The molecule has 3 rings (SSSR count). The highest BCUT2D eigenvalue weighted by Crippen LogP contribution is 2.16. The van der Waals surface area contributed by atoms with Gasteiger partial charge in [0.1, 0.15) is 11.6 Å². The largest absolute Gasteiger partial charge is 0.483 e. The third-order valence-electron chi connectivity index (χ3n) is 3.42. The molecule has 1 amide bonds. The number of amides is 1. The number of aryl methyl sites for hydroxylation is 2. The van der Waals surface area contributed by atoms with Gasteiger partial charge in [-0.25, -0.2) is 15.0 Å². The van der Waals surface area contributed by atoms with E-state index in [1.165, 1.54) is 0 Å². The first kappa shape index (κ1) is 15.7. The van der Waals surface area contributed by atoms with E-state index in [1.54, 1.807) is 29.4 Å². The lowest BCUT2D eigenvalue weighted by atomic mass is 10.2. The molecule has 1 aromatic carbocycles. The maximum Gasteiger partial charge on any atom is 0.262 e. The molecule has 0 aliphatic heterocycles. The number of rotatable bonds is 5. The lowest BCUT2D eigenvalue weighted by molar-refractivity contribution is -0.118. The molecule has 7 heteroatoms. The number of carbonyl (C=O) groups is 1. The number of hydrogen-bond donors (Lipinski definition) is 1. The minimum atomic E-state index is -0.270. The van der Waals surface area contributed by atoms with Crippen LogP contribution in [0.25, 0.3) is 5.95 Å². The summed E-state index contributed by atoms with van der Waals surface area (Å²) < 4.78 is 7.26. The van der Waals surface area contributed by atoms with Crippen LogP contribution < -0.4 is 10.1 Å². The second-order valence-electron chi connectivity index (χ2n) is 5.22. The monoisotopic (exact) mass is 323 g/mol. The molecule has 0 aliphatic rings. The Morgan fingerprint density at radius 1 is 1.17 bits per heavy atom. The number of ether oxygens (including phenoxy) is 1. The Morgan fingerprint density at radius 3 is 2.58 bits per heavy atom. The molecule has 2 heterocycles. The van der Waals surface area contributed by atoms with Crippen LogP contribution in [0.4, 0.5) is 5.69 Å². The molecule has 0 fully saturated rings. The van der Waals surface area contributed by atoms with Crippen molar-refractivity contribution >= 4 is 11.6 Å². The molecule has 0 aliphatic carbocycles. The van der Waals surface area contributed by atoms with Gasteiger partial charge < -0.3 is 10.1 Å². The molecule has 7 nitrogen and oxygen atoms in total. The van der Waals surface area contributed by atoms with E-state index in [0.717, 1.165) is 11.4 Å². The van der Waals surface area contributed by atoms with Crippen molar-refractivity contribution in [2.24, 2.45) is 0 Å². The van der Waals surface area contributed by atoms with Crippen molar-refractivity contribution in [1.82, 2.24) is 19.5 Å². The number of aromatic nitrogens is 4. The number of hydrogen-bond acceptors (Lipinski definition) is 5. The van der Waals surface area contributed by atoms with Crippen molar-refractivity contribution in [3.63, 3.8) is 0 Å². The van der Waals surface area contributed by atoms with Gasteiger partial charge in [-0.05, 0) is 25.5 Å². The van der Waals surface area contributed by atoms with Crippen LogP contribution in [-0.2, 0) is 4.79 Å². The summed E-state index contributed by atoms with van der Waals surface area (Å²) in [6.45, 7) is 3.72. The lowest BCUT2D eigenvalue weighted by Crippen LogP contribution is -2.20. The van der Waals surface area contributed by atoms with Crippen LogP contribution in [0.15, 0.2) is 49.1 Å². The minimum Gasteiger partial charge on any atom is -0.483 e. The van der Waals surface area contributed by atoms with Gasteiger partial charge in [-0.15, -0.1) is 0 Å². The zero-order valence-electron chi connectivity index (χ0n) is 13.4. The second kappa shape index (κ2) is 6.91. The molecule has 0 spiro atoms. The van der Waals surface area contributed by atoms with Crippen LogP contribution in [0.3, 0.4) is 0 Å². The molecule has 0 radical (unpaired) electrons. The Hall–Kier alpha value is -3.22. The van der Waals surface area contributed by atoms with Gasteiger partial charge in [-0.1, -0.05) is 18.2 Å². The zero-order valence-corrected chi connectivity index (χ0v) is 13.4. The van der Waals surface area contributed by atoms with Crippen LogP contribution in [0.2, 0.25) is 0 Å². The standard InChI is InChI=1S/C17H17N5O2/c1-12-5-3-4-6-15(12)24-11-16(23)21-14-9-19-17(20-10-14)22-8-7-18-13(22)2/h3-10H,11H2,1-2H3,(H,21,23). The summed E-state index contributed by atoms with van der Waals surface area (Å²) in [7, 11) is 0. The molecule has 1 N–H and O–H groups in total. The number of carbonyl (C=O) groups excluding carboxylic acids is 1. The Morgan fingerprint density at radius 2 is 1.92 bits per heavy atom. The quantitative estimate of drug-likeness (QED) is 0.779. The summed E-state index contributed by atoms with van der Waals surface area (Å²) in [5, 5.41) is 2.70. The van der Waals surface area contributed by atoms with Crippen molar-refractivity contribution in [2.45, 2.75) is 13.8 Å². The van der Waals surface area contributed by atoms with Crippen molar-refractivity contribution in [3.8, 4) is 11.7 Å². The van der Waals surface area contributed by atoms with E-state index in [9.17, 15) is 4.79 Å². The van der Waals surface area contributed by atoms with Crippen molar-refractivity contribution in [2.75, 3.05) is 11.9 Å². The van der Waals surface area contributed by atoms with Crippen LogP contribution in [-0.4, -0.2) is 32.0 Å². The van der Waals surface area contributed by atoms with Crippen molar-refractivity contribution in [1.29, 1.82) is 0 Å². The van der Waals surface area contributed by atoms with E-state index in [2.05, 4.69) is 20.3 Å². The highest BCUT2D eigenvalue weighted by atomic mass is 16.5. The van der Waals surface area contributed by atoms with Gasteiger partial charge in [-0.2, -0.15) is 0 Å². The Kier molecular flexibility index (Phi) is 4.51. The predicted octanol–water partition coefficient (Wildman–Crippen LogP) is 2.30.